The van der Waals surface area contributed by atoms with Gasteiger partial charge in [-0.15, -0.1) is 0 Å². The molecule has 0 aliphatic rings. The van der Waals surface area contributed by atoms with Crippen LogP contribution in [0.2, 0.25) is 0 Å². The second-order valence-corrected chi connectivity index (χ2v) is 2.71. The van der Waals surface area contributed by atoms with Crippen LogP contribution in [0.15, 0.2) is 28.5 Å². The molecule has 13 heavy (non-hydrogen) atoms. The van der Waals surface area contributed by atoms with E-state index in [9.17, 15) is 0 Å². The van der Waals surface area contributed by atoms with Gasteiger partial charge in [-0.3, -0.25) is 0 Å². The van der Waals surface area contributed by atoms with Gasteiger partial charge in [-0.2, -0.15) is 4.99 Å². The average Bonchev–Trinajstić information content (AvgIpc) is 2.16. The van der Waals surface area contributed by atoms with Gasteiger partial charge in [0, 0.05) is 0 Å². The number of hydrogen-bond acceptors (Lipinski definition) is 3. The maximum absolute atomic E-state index is 5.53. The fraction of sp³-hybridized carbons (Fsp3) is 0.500. The third kappa shape index (κ3) is 5.06. The lowest BCUT2D eigenvalue weighted by molar-refractivity contribution is 0.406. The summed E-state index contributed by atoms with van der Waals surface area (Å²) in [5.74, 6) is 1.02. The fourth-order valence-corrected chi connectivity index (χ4v) is 0.641. The van der Waals surface area contributed by atoms with Crippen molar-refractivity contribution in [3.8, 4) is 0 Å². The van der Waals surface area contributed by atoms with Crippen LogP contribution < -0.4 is 5.73 Å². The van der Waals surface area contributed by atoms with Crippen molar-refractivity contribution >= 4 is 5.90 Å². The van der Waals surface area contributed by atoms with Crippen molar-refractivity contribution in [1.82, 2.24) is 0 Å². The molecular formula is C10H18N2O. The molecule has 0 amide bonds. The van der Waals surface area contributed by atoms with E-state index in [-0.39, 0.29) is 0 Å². The molecule has 0 aromatic heterocycles. The number of allylic oxidation sites excluding steroid dienone is 2. The molecule has 0 radical (unpaired) electrons. The summed E-state index contributed by atoms with van der Waals surface area (Å²) < 4.78 is 5.05. The zero-order valence-corrected chi connectivity index (χ0v) is 8.79. The topological polar surface area (TPSA) is 47.6 Å². The highest BCUT2D eigenvalue weighted by Gasteiger charge is 1.94. The number of methoxy groups -OCH3 is 1. The van der Waals surface area contributed by atoms with Crippen LogP contribution in [0.3, 0.4) is 0 Å². The molecule has 0 bridgehead atoms. The van der Waals surface area contributed by atoms with Crippen LogP contribution >= 0.6 is 0 Å². The van der Waals surface area contributed by atoms with Gasteiger partial charge in [-0.1, -0.05) is 12.5 Å². The van der Waals surface area contributed by atoms with Crippen LogP contribution in [0, 0.1) is 0 Å². The lowest BCUT2D eigenvalue weighted by Crippen LogP contribution is -2.02. The van der Waals surface area contributed by atoms with E-state index in [4.69, 9.17) is 10.5 Å². The maximum atomic E-state index is 5.53. The molecule has 0 aromatic rings. The van der Waals surface area contributed by atoms with Crippen molar-refractivity contribution in [2.75, 3.05) is 7.11 Å². The molecule has 0 saturated carbocycles. The Hall–Kier alpha value is -1.25. The van der Waals surface area contributed by atoms with Gasteiger partial charge in [0.1, 0.15) is 5.82 Å². The third-order valence-electron chi connectivity index (χ3n) is 1.67. The Morgan fingerprint density at radius 3 is 2.54 bits per heavy atom. The molecule has 0 aliphatic carbocycles. The van der Waals surface area contributed by atoms with E-state index in [1.165, 1.54) is 5.57 Å². The smallest absolute Gasteiger partial charge is 0.214 e. The van der Waals surface area contributed by atoms with Crippen molar-refractivity contribution < 1.29 is 4.74 Å². The number of nitrogens with two attached hydrogens (primary N) is 1. The summed E-state index contributed by atoms with van der Waals surface area (Å²) in [6, 6.07) is 0. The third-order valence-corrected chi connectivity index (χ3v) is 1.67. The SMILES string of the molecule is C\C=C(N)/N=C(\C=C(/C)CC)OC. The highest BCUT2D eigenvalue weighted by molar-refractivity contribution is 5.88. The molecule has 0 spiro atoms. The Labute approximate surface area is 80.0 Å². The Morgan fingerprint density at radius 1 is 1.54 bits per heavy atom. The highest BCUT2D eigenvalue weighted by atomic mass is 16.5. The summed E-state index contributed by atoms with van der Waals surface area (Å²) in [6.45, 7) is 5.95. The van der Waals surface area contributed by atoms with Gasteiger partial charge in [0.15, 0.2) is 0 Å². The summed E-state index contributed by atoms with van der Waals surface area (Å²) in [6.07, 6.45) is 4.60. The van der Waals surface area contributed by atoms with Crippen molar-refractivity contribution in [2.24, 2.45) is 10.7 Å². The van der Waals surface area contributed by atoms with Crippen LogP contribution in [0.5, 0.6) is 0 Å². The number of hydrogen-bond donors (Lipinski definition) is 1. The minimum atomic E-state index is 0.469. The van der Waals surface area contributed by atoms with E-state index in [1.54, 1.807) is 13.2 Å². The second-order valence-electron chi connectivity index (χ2n) is 2.71. The molecule has 0 unspecified atom stereocenters. The Bertz CT molecular complexity index is 239. The van der Waals surface area contributed by atoms with E-state index in [0.29, 0.717) is 11.7 Å². The standard InChI is InChI=1S/C10H18N2O/c1-5-8(3)7-10(13-4)12-9(11)6-2/h6-7H,5,11H2,1-4H3/b8-7+,9-6-,12-10+. The molecule has 74 valence electrons. The molecule has 0 fully saturated rings. The zero-order valence-electron chi connectivity index (χ0n) is 8.79. The predicted octanol–water partition coefficient (Wildman–Crippen LogP) is 2.21. The van der Waals surface area contributed by atoms with Crippen LogP contribution in [0.1, 0.15) is 27.2 Å². The zero-order chi connectivity index (χ0) is 10.3. The van der Waals surface area contributed by atoms with E-state index in [0.717, 1.165) is 6.42 Å². The Kier molecular flexibility index (Phi) is 5.68. The van der Waals surface area contributed by atoms with Crippen molar-refractivity contribution in [3.63, 3.8) is 0 Å². The van der Waals surface area contributed by atoms with Gasteiger partial charge < -0.3 is 10.5 Å². The molecule has 3 heteroatoms. The summed E-state index contributed by atoms with van der Waals surface area (Å²) >= 11 is 0. The molecule has 2 N–H and O–H groups in total. The highest BCUT2D eigenvalue weighted by Crippen LogP contribution is 2.00. The first-order valence-corrected chi connectivity index (χ1v) is 4.35. The van der Waals surface area contributed by atoms with E-state index < -0.39 is 0 Å². The monoisotopic (exact) mass is 182 g/mol. The van der Waals surface area contributed by atoms with Crippen LogP contribution in [0.25, 0.3) is 0 Å². The largest absolute Gasteiger partial charge is 0.481 e. The number of nitrogens with zero attached hydrogens (tertiary/aromatic N) is 1. The molecule has 0 heterocycles. The molecule has 0 aliphatic heterocycles. The number of aliphatic imine (C=N–C) groups is 1. The summed E-state index contributed by atoms with van der Waals surface area (Å²) in [5, 5.41) is 0. The van der Waals surface area contributed by atoms with Gasteiger partial charge in [-0.05, 0) is 32.4 Å². The number of rotatable bonds is 3. The Balaban J connectivity index is 4.61. The molecule has 0 atom stereocenters. The van der Waals surface area contributed by atoms with E-state index in [1.807, 2.05) is 19.9 Å². The lowest BCUT2D eigenvalue weighted by Gasteiger charge is -2.01. The Morgan fingerprint density at radius 2 is 2.15 bits per heavy atom. The van der Waals surface area contributed by atoms with Gasteiger partial charge >= 0.3 is 0 Å². The summed E-state index contributed by atoms with van der Waals surface area (Å²) in [4.78, 5) is 4.06. The van der Waals surface area contributed by atoms with E-state index >= 15 is 0 Å². The number of ether oxygens (including phenoxy) is 1. The fourth-order valence-electron chi connectivity index (χ4n) is 0.641. The molecule has 0 rings (SSSR count). The van der Waals surface area contributed by atoms with Crippen LogP contribution in [-0.4, -0.2) is 13.0 Å². The average molecular weight is 182 g/mol. The summed E-state index contributed by atoms with van der Waals surface area (Å²) in [7, 11) is 1.58. The molecule has 3 nitrogen and oxygen atoms in total. The minimum Gasteiger partial charge on any atom is -0.481 e. The minimum absolute atomic E-state index is 0.469. The molecule has 0 saturated heterocycles. The second kappa shape index (κ2) is 6.29. The quantitative estimate of drug-likeness (QED) is 0.537. The van der Waals surface area contributed by atoms with Crippen LogP contribution in [-0.2, 0) is 4.74 Å². The summed E-state index contributed by atoms with van der Waals surface area (Å²) in [5.41, 5.74) is 6.74. The van der Waals surface area contributed by atoms with Gasteiger partial charge in [-0.25, -0.2) is 0 Å². The normalized spacial score (nSPS) is 14.6. The first-order valence-electron chi connectivity index (χ1n) is 4.35. The van der Waals surface area contributed by atoms with E-state index in [2.05, 4.69) is 11.9 Å². The van der Waals surface area contributed by atoms with Crippen LogP contribution in [0.4, 0.5) is 0 Å². The van der Waals surface area contributed by atoms with Gasteiger partial charge in [0.05, 0.1) is 7.11 Å². The van der Waals surface area contributed by atoms with Gasteiger partial charge in [0.2, 0.25) is 5.90 Å². The van der Waals surface area contributed by atoms with Gasteiger partial charge in [0.25, 0.3) is 0 Å². The van der Waals surface area contributed by atoms with Crippen molar-refractivity contribution in [1.29, 1.82) is 0 Å². The van der Waals surface area contributed by atoms with Crippen molar-refractivity contribution in [3.05, 3.63) is 23.5 Å². The molecular weight excluding hydrogens is 164 g/mol. The predicted molar refractivity (Wildman–Crippen MR) is 56.4 cm³/mol. The molecule has 0 aromatic carbocycles. The lowest BCUT2D eigenvalue weighted by atomic mass is 10.2. The van der Waals surface area contributed by atoms with Crippen molar-refractivity contribution in [2.45, 2.75) is 27.2 Å². The first kappa shape index (κ1) is 11.8. The maximum Gasteiger partial charge on any atom is 0.214 e. The first-order chi connectivity index (χ1) is 6.13.